The summed E-state index contributed by atoms with van der Waals surface area (Å²) in [6, 6.07) is 5.65. The summed E-state index contributed by atoms with van der Waals surface area (Å²) in [5.74, 6) is 2.09. The number of para-hydroxylation sites is 1. The predicted octanol–water partition coefficient (Wildman–Crippen LogP) is 1.45. The molecule has 0 saturated carbocycles. The lowest BCUT2D eigenvalue weighted by atomic mass is 9.92. The van der Waals surface area contributed by atoms with Crippen LogP contribution in [0, 0.1) is 11.8 Å². The van der Waals surface area contributed by atoms with Crippen LogP contribution in [0.2, 0.25) is 0 Å². The third-order valence-electron chi connectivity index (χ3n) is 5.88. The number of hydrogen-bond donors (Lipinski definition) is 2. The minimum Gasteiger partial charge on any atom is -0.504 e. The van der Waals surface area contributed by atoms with Crippen LogP contribution >= 0.6 is 0 Å². The maximum absolute atomic E-state index is 12.7. The van der Waals surface area contributed by atoms with Crippen LogP contribution in [-0.2, 0) is 11.3 Å². The molecule has 2 aliphatic heterocycles. The number of piperidine rings is 2. The van der Waals surface area contributed by atoms with Crippen molar-refractivity contribution in [3.05, 3.63) is 23.8 Å². The minimum atomic E-state index is 0.191. The van der Waals surface area contributed by atoms with Crippen LogP contribution in [0.1, 0.15) is 38.2 Å². The highest BCUT2D eigenvalue weighted by molar-refractivity contribution is 5.79. The quantitative estimate of drug-likeness (QED) is 0.867. The van der Waals surface area contributed by atoms with Gasteiger partial charge in [0.25, 0.3) is 0 Å². The zero-order valence-corrected chi connectivity index (χ0v) is 15.5. The third kappa shape index (κ3) is 4.27. The number of aromatic hydroxyl groups is 1. The van der Waals surface area contributed by atoms with Crippen molar-refractivity contribution in [3.63, 3.8) is 0 Å². The van der Waals surface area contributed by atoms with Crippen LogP contribution in [0.25, 0.3) is 0 Å². The van der Waals surface area contributed by atoms with Crippen LogP contribution in [0.4, 0.5) is 0 Å². The van der Waals surface area contributed by atoms with E-state index in [9.17, 15) is 9.90 Å². The Kier molecular flexibility index (Phi) is 5.84. The van der Waals surface area contributed by atoms with E-state index in [0.717, 1.165) is 69.9 Å². The molecule has 1 aromatic carbocycles. The first-order valence-electron chi connectivity index (χ1n) is 9.55. The fraction of sp³-hybridized carbons (Fsp3) is 0.650. The van der Waals surface area contributed by atoms with Gasteiger partial charge in [0.1, 0.15) is 6.54 Å². The zero-order chi connectivity index (χ0) is 17.8. The molecule has 0 aromatic heterocycles. The summed E-state index contributed by atoms with van der Waals surface area (Å²) in [7, 11) is 1.57. The fourth-order valence-electron chi connectivity index (χ4n) is 4.08. The van der Waals surface area contributed by atoms with E-state index in [2.05, 4.69) is 11.8 Å². The average Bonchev–Trinajstić information content (AvgIpc) is 2.64. The normalized spacial score (nSPS) is 25.0. The molecule has 2 N–H and O–H groups in total. The number of rotatable bonds is 4. The van der Waals surface area contributed by atoms with Crippen LogP contribution in [0.3, 0.4) is 0 Å². The highest BCUT2D eigenvalue weighted by atomic mass is 16.5. The van der Waals surface area contributed by atoms with Crippen molar-refractivity contribution in [3.8, 4) is 11.5 Å². The van der Waals surface area contributed by atoms with Crippen molar-refractivity contribution in [1.82, 2.24) is 4.90 Å². The molecule has 2 aliphatic rings. The SMILES string of the molecule is COc1cccc(C[NH+]2CCC(C(=O)N3CCC(C)CC3)CC2)c1O. The van der Waals surface area contributed by atoms with Gasteiger partial charge >= 0.3 is 0 Å². The number of carbonyl (C=O) groups is 1. The van der Waals surface area contributed by atoms with Crippen LogP contribution in [-0.4, -0.2) is 49.2 Å². The van der Waals surface area contributed by atoms with Crippen molar-refractivity contribution < 1.29 is 19.5 Å². The van der Waals surface area contributed by atoms with E-state index in [1.807, 2.05) is 12.1 Å². The summed E-state index contributed by atoms with van der Waals surface area (Å²) in [5.41, 5.74) is 0.921. The maximum Gasteiger partial charge on any atom is 0.226 e. The molecule has 2 heterocycles. The Morgan fingerprint density at radius 1 is 1.24 bits per heavy atom. The van der Waals surface area contributed by atoms with Gasteiger partial charge in [0.15, 0.2) is 11.5 Å². The van der Waals surface area contributed by atoms with Crippen molar-refractivity contribution in [1.29, 1.82) is 0 Å². The maximum atomic E-state index is 12.7. The molecule has 5 heteroatoms. The highest BCUT2D eigenvalue weighted by Crippen LogP contribution is 2.29. The molecule has 2 saturated heterocycles. The van der Waals surface area contributed by atoms with E-state index in [-0.39, 0.29) is 11.7 Å². The first kappa shape index (κ1) is 18.1. The van der Waals surface area contributed by atoms with E-state index in [4.69, 9.17) is 4.74 Å². The fourth-order valence-corrected chi connectivity index (χ4v) is 4.08. The third-order valence-corrected chi connectivity index (χ3v) is 5.88. The van der Waals surface area contributed by atoms with Gasteiger partial charge in [0, 0.05) is 31.8 Å². The lowest BCUT2D eigenvalue weighted by molar-refractivity contribution is -0.919. The molecule has 1 amide bonds. The number of ether oxygens (including phenoxy) is 1. The van der Waals surface area contributed by atoms with Gasteiger partial charge in [-0.05, 0) is 30.9 Å². The van der Waals surface area contributed by atoms with Gasteiger partial charge in [-0.25, -0.2) is 0 Å². The van der Waals surface area contributed by atoms with E-state index in [0.29, 0.717) is 11.7 Å². The first-order valence-corrected chi connectivity index (χ1v) is 9.55. The Morgan fingerprint density at radius 3 is 2.56 bits per heavy atom. The molecular formula is C20H31N2O3+. The van der Waals surface area contributed by atoms with Crippen LogP contribution < -0.4 is 9.64 Å². The molecule has 0 radical (unpaired) electrons. The second-order valence-electron chi connectivity index (χ2n) is 7.68. The molecule has 1 aromatic rings. The van der Waals surface area contributed by atoms with Crippen molar-refractivity contribution in [2.24, 2.45) is 11.8 Å². The number of nitrogens with zero attached hydrogens (tertiary/aromatic N) is 1. The van der Waals surface area contributed by atoms with Gasteiger partial charge in [-0.3, -0.25) is 4.79 Å². The molecule has 0 unspecified atom stereocenters. The lowest BCUT2D eigenvalue weighted by Gasteiger charge is -2.35. The largest absolute Gasteiger partial charge is 0.504 e. The smallest absolute Gasteiger partial charge is 0.226 e. The minimum absolute atomic E-state index is 0.191. The highest BCUT2D eigenvalue weighted by Gasteiger charge is 2.32. The first-order chi connectivity index (χ1) is 12.1. The molecule has 0 aliphatic carbocycles. The zero-order valence-electron chi connectivity index (χ0n) is 15.5. The van der Waals surface area contributed by atoms with Crippen molar-refractivity contribution >= 4 is 5.91 Å². The standard InChI is InChI=1S/C20H30N2O3/c1-15-6-12-22(13-7-15)20(24)16-8-10-21(11-9-16)14-17-4-3-5-18(25-2)19(17)23/h3-5,15-16,23H,6-14H2,1-2H3/p+1. The summed E-state index contributed by atoms with van der Waals surface area (Å²) in [6.45, 7) is 6.90. The molecular weight excluding hydrogens is 316 g/mol. The Hall–Kier alpha value is -1.75. The van der Waals surface area contributed by atoms with Crippen molar-refractivity contribution in [2.45, 2.75) is 39.2 Å². The van der Waals surface area contributed by atoms with E-state index >= 15 is 0 Å². The number of amides is 1. The topological polar surface area (TPSA) is 54.2 Å². The number of nitrogens with one attached hydrogen (secondary N) is 1. The number of quaternary nitrogens is 1. The number of carbonyl (C=O) groups excluding carboxylic acids is 1. The average molecular weight is 347 g/mol. The van der Waals surface area contributed by atoms with Gasteiger partial charge in [-0.2, -0.15) is 0 Å². The van der Waals surface area contributed by atoms with Gasteiger partial charge in [0.2, 0.25) is 5.91 Å². The number of phenolic OH excluding ortho intramolecular Hbond substituents is 1. The predicted molar refractivity (Wildman–Crippen MR) is 96.8 cm³/mol. The van der Waals surface area contributed by atoms with E-state index in [1.165, 1.54) is 4.90 Å². The number of likely N-dealkylation sites (tertiary alicyclic amines) is 2. The summed E-state index contributed by atoms with van der Waals surface area (Å²) >= 11 is 0. The van der Waals surface area contributed by atoms with Crippen LogP contribution in [0.15, 0.2) is 18.2 Å². The van der Waals surface area contributed by atoms with Gasteiger partial charge in [0.05, 0.1) is 25.8 Å². The Labute approximate surface area is 150 Å². The van der Waals surface area contributed by atoms with Crippen LogP contribution in [0.5, 0.6) is 11.5 Å². The second-order valence-corrected chi connectivity index (χ2v) is 7.68. The molecule has 0 bridgehead atoms. The number of hydrogen-bond acceptors (Lipinski definition) is 3. The van der Waals surface area contributed by atoms with Gasteiger partial charge in [-0.1, -0.05) is 13.0 Å². The molecule has 0 spiro atoms. The number of phenols is 1. The summed E-state index contributed by atoms with van der Waals surface area (Å²) in [5, 5.41) is 10.3. The molecule has 138 valence electrons. The summed E-state index contributed by atoms with van der Waals surface area (Å²) in [6.07, 6.45) is 4.19. The van der Waals surface area contributed by atoms with Crippen molar-refractivity contribution in [2.75, 3.05) is 33.3 Å². The summed E-state index contributed by atoms with van der Waals surface area (Å²) in [4.78, 5) is 16.2. The molecule has 0 atom stereocenters. The Balaban J connectivity index is 1.51. The van der Waals surface area contributed by atoms with E-state index in [1.54, 1.807) is 13.2 Å². The van der Waals surface area contributed by atoms with Gasteiger partial charge in [-0.15, -0.1) is 0 Å². The number of benzene rings is 1. The molecule has 25 heavy (non-hydrogen) atoms. The summed E-state index contributed by atoms with van der Waals surface area (Å²) < 4.78 is 5.19. The Bertz CT molecular complexity index is 589. The molecule has 3 rings (SSSR count). The van der Waals surface area contributed by atoms with Gasteiger partial charge < -0.3 is 19.6 Å². The Morgan fingerprint density at radius 2 is 1.92 bits per heavy atom. The second kappa shape index (κ2) is 8.09. The molecule has 5 nitrogen and oxygen atoms in total. The monoisotopic (exact) mass is 347 g/mol. The number of methoxy groups -OCH3 is 1. The lowest BCUT2D eigenvalue weighted by Crippen LogP contribution is -3.11. The van der Waals surface area contributed by atoms with E-state index < -0.39 is 0 Å². The molecule has 2 fully saturated rings.